The van der Waals surface area contributed by atoms with Gasteiger partial charge in [-0.3, -0.25) is 9.69 Å². The highest BCUT2D eigenvalue weighted by molar-refractivity contribution is 5.78. The largest absolute Gasteiger partial charge is 0.450 e. The van der Waals surface area contributed by atoms with Crippen LogP contribution in [0.2, 0.25) is 0 Å². The summed E-state index contributed by atoms with van der Waals surface area (Å²) in [6, 6.07) is 0. The van der Waals surface area contributed by atoms with Crippen LogP contribution in [0.25, 0.3) is 0 Å². The molecule has 6 nitrogen and oxygen atoms in total. The highest BCUT2D eigenvalue weighted by Gasteiger charge is 2.24. The maximum atomic E-state index is 12.3. The Morgan fingerprint density at radius 3 is 2.05 bits per heavy atom. The lowest BCUT2D eigenvalue weighted by molar-refractivity contribution is -0.132. The summed E-state index contributed by atoms with van der Waals surface area (Å²) >= 11 is 0. The van der Waals surface area contributed by atoms with E-state index in [0.717, 1.165) is 39.0 Å². The third kappa shape index (κ3) is 5.91. The van der Waals surface area contributed by atoms with Gasteiger partial charge in [0.2, 0.25) is 5.91 Å². The second-order valence-corrected chi connectivity index (χ2v) is 5.34. The molecule has 0 unspecified atom stereocenters. The van der Waals surface area contributed by atoms with Crippen LogP contribution in [0.1, 0.15) is 33.6 Å². The number of hydrogen-bond donors (Lipinski definition) is 0. The molecule has 0 bridgehead atoms. The lowest BCUT2D eigenvalue weighted by atomic mass is 10.3. The summed E-state index contributed by atoms with van der Waals surface area (Å²) in [5.41, 5.74) is 0. The highest BCUT2D eigenvalue weighted by atomic mass is 16.6. The zero-order valence-corrected chi connectivity index (χ0v) is 13.6. The quantitative estimate of drug-likeness (QED) is 0.713. The zero-order chi connectivity index (χ0) is 15.7. The summed E-state index contributed by atoms with van der Waals surface area (Å²) in [5.74, 6) is 0.197. The molecular weight excluding hydrogens is 270 g/mol. The van der Waals surface area contributed by atoms with E-state index in [-0.39, 0.29) is 12.0 Å². The number of ether oxygens (including phenoxy) is 1. The van der Waals surface area contributed by atoms with Crippen molar-refractivity contribution in [1.29, 1.82) is 0 Å². The number of carbonyl (C=O) groups is 2. The molecule has 1 heterocycles. The van der Waals surface area contributed by atoms with Crippen LogP contribution in [0.4, 0.5) is 4.79 Å². The van der Waals surface area contributed by atoms with Crippen LogP contribution in [-0.2, 0) is 9.53 Å². The highest BCUT2D eigenvalue weighted by Crippen LogP contribution is 2.05. The molecule has 0 saturated carbocycles. The second-order valence-electron chi connectivity index (χ2n) is 5.34. The van der Waals surface area contributed by atoms with Crippen molar-refractivity contribution in [2.45, 2.75) is 33.6 Å². The minimum absolute atomic E-state index is 0.197. The zero-order valence-electron chi connectivity index (χ0n) is 13.6. The molecule has 0 N–H and O–H groups in total. The molecule has 1 rings (SSSR count). The fourth-order valence-electron chi connectivity index (χ4n) is 2.50. The van der Waals surface area contributed by atoms with E-state index in [1.807, 2.05) is 11.8 Å². The van der Waals surface area contributed by atoms with E-state index in [1.165, 1.54) is 0 Å². The molecule has 0 spiro atoms. The first-order valence-corrected chi connectivity index (χ1v) is 8.04. The monoisotopic (exact) mass is 299 g/mol. The molecule has 0 aliphatic carbocycles. The van der Waals surface area contributed by atoms with Gasteiger partial charge >= 0.3 is 6.09 Å². The molecule has 0 aromatic heterocycles. The molecule has 1 fully saturated rings. The standard InChI is InChI=1S/C15H29N3O3/c1-4-7-17(8-5-2)14(19)13-16-9-11-18(12-10-16)15(20)21-6-3/h4-13H2,1-3H3. The Morgan fingerprint density at radius 1 is 1.00 bits per heavy atom. The van der Waals surface area contributed by atoms with Crippen molar-refractivity contribution in [2.75, 3.05) is 52.4 Å². The Bertz CT molecular complexity index is 322. The number of rotatable bonds is 7. The fraction of sp³-hybridized carbons (Fsp3) is 0.867. The van der Waals surface area contributed by atoms with Gasteiger partial charge in [0.15, 0.2) is 0 Å². The van der Waals surface area contributed by atoms with Crippen molar-refractivity contribution in [1.82, 2.24) is 14.7 Å². The average Bonchev–Trinajstić information content (AvgIpc) is 2.48. The molecule has 1 aliphatic heterocycles. The Morgan fingerprint density at radius 2 is 1.57 bits per heavy atom. The normalized spacial score (nSPS) is 15.9. The molecule has 122 valence electrons. The molecule has 0 aromatic rings. The number of nitrogens with zero attached hydrogens (tertiary/aromatic N) is 3. The molecule has 0 radical (unpaired) electrons. The van der Waals surface area contributed by atoms with Crippen molar-refractivity contribution in [3.63, 3.8) is 0 Å². The lowest BCUT2D eigenvalue weighted by Gasteiger charge is -2.34. The van der Waals surface area contributed by atoms with Crippen molar-refractivity contribution in [3.05, 3.63) is 0 Å². The van der Waals surface area contributed by atoms with E-state index >= 15 is 0 Å². The first kappa shape index (κ1) is 17.8. The van der Waals surface area contributed by atoms with E-state index in [2.05, 4.69) is 18.7 Å². The number of amides is 2. The Labute approximate surface area is 128 Å². The van der Waals surface area contributed by atoms with Gasteiger partial charge in [-0.2, -0.15) is 0 Å². The summed E-state index contributed by atoms with van der Waals surface area (Å²) in [4.78, 5) is 29.7. The molecular formula is C15H29N3O3. The summed E-state index contributed by atoms with van der Waals surface area (Å²) in [6.45, 7) is 11.2. The van der Waals surface area contributed by atoms with Gasteiger partial charge in [0.05, 0.1) is 13.2 Å². The fourth-order valence-corrected chi connectivity index (χ4v) is 2.50. The molecule has 6 heteroatoms. The van der Waals surface area contributed by atoms with Crippen LogP contribution < -0.4 is 0 Å². The minimum Gasteiger partial charge on any atom is -0.450 e. The molecule has 21 heavy (non-hydrogen) atoms. The molecule has 0 aromatic carbocycles. The Kier molecular flexibility index (Phi) is 8.12. The van der Waals surface area contributed by atoms with E-state index in [4.69, 9.17) is 4.74 Å². The summed E-state index contributed by atoms with van der Waals surface area (Å²) in [5, 5.41) is 0. The Hall–Kier alpha value is -1.30. The van der Waals surface area contributed by atoms with E-state index < -0.39 is 0 Å². The van der Waals surface area contributed by atoms with Gasteiger partial charge in [0.25, 0.3) is 0 Å². The summed E-state index contributed by atoms with van der Waals surface area (Å²) < 4.78 is 4.99. The van der Waals surface area contributed by atoms with Crippen LogP contribution in [0.15, 0.2) is 0 Å². The van der Waals surface area contributed by atoms with Crippen LogP contribution in [0, 0.1) is 0 Å². The smallest absolute Gasteiger partial charge is 0.409 e. The molecule has 1 saturated heterocycles. The van der Waals surface area contributed by atoms with Gasteiger partial charge in [-0.15, -0.1) is 0 Å². The maximum Gasteiger partial charge on any atom is 0.409 e. The topological polar surface area (TPSA) is 53.1 Å². The number of piperazine rings is 1. The van der Waals surface area contributed by atoms with Crippen LogP contribution in [0.3, 0.4) is 0 Å². The van der Waals surface area contributed by atoms with E-state index in [9.17, 15) is 9.59 Å². The molecule has 0 atom stereocenters. The third-order valence-electron chi connectivity index (χ3n) is 3.60. The maximum absolute atomic E-state index is 12.3. The summed E-state index contributed by atoms with van der Waals surface area (Å²) in [7, 11) is 0. The van der Waals surface area contributed by atoms with E-state index in [0.29, 0.717) is 26.2 Å². The minimum atomic E-state index is -0.248. The van der Waals surface area contributed by atoms with Crippen molar-refractivity contribution in [2.24, 2.45) is 0 Å². The van der Waals surface area contributed by atoms with Crippen LogP contribution in [-0.4, -0.2) is 79.1 Å². The predicted octanol–water partition coefficient (Wildman–Crippen LogP) is 1.41. The SMILES string of the molecule is CCCN(CCC)C(=O)CN1CCN(C(=O)OCC)CC1. The second kappa shape index (κ2) is 9.60. The Balaban J connectivity index is 2.37. The first-order valence-electron chi connectivity index (χ1n) is 8.04. The van der Waals surface area contributed by atoms with Crippen molar-refractivity contribution >= 4 is 12.0 Å². The van der Waals surface area contributed by atoms with Gasteiger partial charge in [0, 0.05) is 39.3 Å². The predicted molar refractivity (Wildman–Crippen MR) is 82.2 cm³/mol. The van der Waals surface area contributed by atoms with Gasteiger partial charge in [0.1, 0.15) is 0 Å². The van der Waals surface area contributed by atoms with Gasteiger partial charge in [-0.05, 0) is 19.8 Å². The number of hydrogen-bond acceptors (Lipinski definition) is 4. The van der Waals surface area contributed by atoms with Crippen LogP contribution in [0.5, 0.6) is 0 Å². The van der Waals surface area contributed by atoms with Gasteiger partial charge in [-0.25, -0.2) is 4.79 Å². The first-order chi connectivity index (χ1) is 10.1. The van der Waals surface area contributed by atoms with Gasteiger partial charge < -0.3 is 14.5 Å². The molecule has 2 amide bonds. The van der Waals surface area contributed by atoms with Gasteiger partial charge in [-0.1, -0.05) is 13.8 Å². The molecule has 1 aliphatic rings. The van der Waals surface area contributed by atoms with E-state index in [1.54, 1.807) is 4.90 Å². The lowest BCUT2D eigenvalue weighted by Crippen LogP contribution is -2.51. The number of carbonyl (C=O) groups excluding carboxylic acids is 2. The van der Waals surface area contributed by atoms with Crippen molar-refractivity contribution in [3.8, 4) is 0 Å². The third-order valence-corrected chi connectivity index (χ3v) is 3.60. The summed E-state index contributed by atoms with van der Waals surface area (Å²) in [6.07, 6.45) is 1.73. The van der Waals surface area contributed by atoms with Crippen LogP contribution >= 0.6 is 0 Å². The van der Waals surface area contributed by atoms with Crippen molar-refractivity contribution < 1.29 is 14.3 Å². The average molecular weight is 299 g/mol.